The van der Waals surface area contributed by atoms with Crippen LogP contribution in [-0.2, 0) is 11.8 Å². The number of rotatable bonds is 3. The molecular formula is C15H22ClN3O. The van der Waals surface area contributed by atoms with Crippen LogP contribution in [0.4, 0.5) is 0 Å². The van der Waals surface area contributed by atoms with Crippen LogP contribution in [0.1, 0.15) is 43.9 Å². The fourth-order valence-electron chi connectivity index (χ4n) is 2.81. The van der Waals surface area contributed by atoms with Crippen LogP contribution in [0.5, 0.6) is 0 Å². The van der Waals surface area contributed by atoms with Gasteiger partial charge in [-0.3, -0.25) is 9.48 Å². The van der Waals surface area contributed by atoms with Gasteiger partial charge in [-0.05, 0) is 31.8 Å². The predicted molar refractivity (Wildman–Crippen MR) is 81.6 cm³/mol. The lowest BCUT2D eigenvalue weighted by atomic mass is 9.87. The molecule has 1 fully saturated rings. The van der Waals surface area contributed by atoms with Crippen molar-refractivity contribution in [3.05, 3.63) is 22.5 Å². The number of halogens is 1. The standard InChI is InChI=1S/C15H22ClN3O/c1-10-5-4-6-12(9-10)17-14(20)8-7-13-11(2)18-19(3)15(13)16/h7-8,10,12H,4-6,9H2,1-3H3,(H,17,20)/b8-7+. The van der Waals surface area contributed by atoms with Gasteiger partial charge in [0, 0.05) is 24.7 Å². The molecule has 1 aliphatic rings. The molecule has 2 atom stereocenters. The lowest BCUT2D eigenvalue weighted by Crippen LogP contribution is -2.36. The van der Waals surface area contributed by atoms with E-state index in [1.165, 1.54) is 12.8 Å². The zero-order chi connectivity index (χ0) is 14.7. The molecule has 110 valence electrons. The molecule has 4 nitrogen and oxygen atoms in total. The number of aromatic nitrogens is 2. The number of carbonyl (C=O) groups is 1. The summed E-state index contributed by atoms with van der Waals surface area (Å²) in [4.78, 5) is 12.0. The molecule has 1 aromatic heterocycles. The first-order valence-electron chi connectivity index (χ1n) is 7.15. The van der Waals surface area contributed by atoms with E-state index in [2.05, 4.69) is 17.3 Å². The average Bonchev–Trinajstić information content (AvgIpc) is 2.61. The topological polar surface area (TPSA) is 46.9 Å². The quantitative estimate of drug-likeness (QED) is 0.871. The first-order valence-corrected chi connectivity index (χ1v) is 7.53. The smallest absolute Gasteiger partial charge is 0.244 e. The molecule has 2 unspecified atom stereocenters. The lowest BCUT2D eigenvalue weighted by Gasteiger charge is -2.26. The van der Waals surface area contributed by atoms with E-state index in [9.17, 15) is 4.79 Å². The maximum Gasteiger partial charge on any atom is 0.244 e. The summed E-state index contributed by atoms with van der Waals surface area (Å²) < 4.78 is 1.61. The fourth-order valence-corrected chi connectivity index (χ4v) is 3.05. The van der Waals surface area contributed by atoms with Crippen molar-refractivity contribution in [3.63, 3.8) is 0 Å². The van der Waals surface area contributed by atoms with Crippen molar-refractivity contribution in [2.75, 3.05) is 0 Å². The highest BCUT2D eigenvalue weighted by Crippen LogP contribution is 2.23. The third-order valence-corrected chi connectivity index (χ3v) is 4.33. The van der Waals surface area contributed by atoms with Gasteiger partial charge in [0.05, 0.1) is 5.69 Å². The third kappa shape index (κ3) is 3.63. The second-order valence-electron chi connectivity index (χ2n) is 5.72. The first-order chi connectivity index (χ1) is 9.47. The van der Waals surface area contributed by atoms with E-state index < -0.39 is 0 Å². The van der Waals surface area contributed by atoms with Gasteiger partial charge in [-0.15, -0.1) is 0 Å². The van der Waals surface area contributed by atoms with Crippen LogP contribution < -0.4 is 5.32 Å². The summed E-state index contributed by atoms with van der Waals surface area (Å²) in [6.07, 6.45) is 7.92. The zero-order valence-electron chi connectivity index (χ0n) is 12.3. The Kier molecular flexibility index (Phi) is 4.86. The Morgan fingerprint density at radius 1 is 1.50 bits per heavy atom. The summed E-state index contributed by atoms with van der Waals surface area (Å²) in [5, 5.41) is 7.84. The highest BCUT2D eigenvalue weighted by atomic mass is 35.5. The van der Waals surface area contributed by atoms with Crippen LogP contribution >= 0.6 is 11.6 Å². The average molecular weight is 296 g/mol. The third-order valence-electron chi connectivity index (χ3n) is 3.88. The van der Waals surface area contributed by atoms with Gasteiger partial charge in [0.1, 0.15) is 5.15 Å². The Labute approximate surface area is 125 Å². The minimum Gasteiger partial charge on any atom is -0.350 e. The molecule has 1 saturated carbocycles. The molecule has 0 aliphatic heterocycles. The molecular weight excluding hydrogens is 274 g/mol. The second-order valence-corrected chi connectivity index (χ2v) is 6.08. The van der Waals surface area contributed by atoms with E-state index in [4.69, 9.17) is 11.6 Å². The molecule has 5 heteroatoms. The van der Waals surface area contributed by atoms with Crippen LogP contribution in [0.15, 0.2) is 6.08 Å². The number of hydrogen-bond acceptors (Lipinski definition) is 2. The van der Waals surface area contributed by atoms with Crippen molar-refractivity contribution < 1.29 is 4.79 Å². The Hall–Kier alpha value is -1.29. The van der Waals surface area contributed by atoms with Crippen molar-refractivity contribution in [1.29, 1.82) is 0 Å². The number of nitrogens with one attached hydrogen (secondary N) is 1. The van der Waals surface area contributed by atoms with Crippen molar-refractivity contribution in [1.82, 2.24) is 15.1 Å². The summed E-state index contributed by atoms with van der Waals surface area (Å²) in [5.74, 6) is 0.650. The van der Waals surface area contributed by atoms with Gasteiger partial charge in [-0.1, -0.05) is 31.4 Å². The summed E-state index contributed by atoms with van der Waals surface area (Å²) in [6.45, 7) is 4.12. The molecule has 0 aromatic carbocycles. The molecule has 0 radical (unpaired) electrons. The highest BCUT2D eigenvalue weighted by molar-refractivity contribution is 6.31. The lowest BCUT2D eigenvalue weighted by molar-refractivity contribution is -0.117. The monoisotopic (exact) mass is 295 g/mol. The Morgan fingerprint density at radius 3 is 2.85 bits per heavy atom. The van der Waals surface area contributed by atoms with Crippen LogP contribution in [-0.4, -0.2) is 21.7 Å². The van der Waals surface area contributed by atoms with Crippen LogP contribution in [0.3, 0.4) is 0 Å². The molecule has 0 spiro atoms. The number of aryl methyl sites for hydroxylation is 2. The van der Waals surface area contributed by atoms with E-state index in [0.29, 0.717) is 17.1 Å². The van der Waals surface area contributed by atoms with Gasteiger partial charge in [-0.2, -0.15) is 5.10 Å². The minimum atomic E-state index is -0.0524. The molecule has 0 bridgehead atoms. The Bertz CT molecular complexity index is 521. The molecule has 1 heterocycles. The van der Waals surface area contributed by atoms with Crippen LogP contribution in [0.25, 0.3) is 6.08 Å². The molecule has 1 amide bonds. The van der Waals surface area contributed by atoms with Gasteiger partial charge < -0.3 is 5.32 Å². The number of nitrogens with zero attached hydrogens (tertiary/aromatic N) is 2. The van der Waals surface area contributed by atoms with E-state index in [0.717, 1.165) is 24.1 Å². The maximum absolute atomic E-state index is 12.0. The van der Waals surface area contributed by atoms with E-state index in [1.54, 1.807) is 23.9 Å². The Balaban J connectivity index is 1.95. The van der Waals surface area contributed by atoms with Crippen molar-refractivity contribution in [2.45, 2.75) is 45.6 Å². The molecule has 1 aromatic rings. The predicted octanol–water partition coefficient (Wildman–Crippen LogP) is 3.09. The van der Waals surface area contributed by atoms with E-state index in [-0.39, 0.29) is 5.91 Å². The van der Waals surface area contributed by atoms with Crippen LogP contribution in [0.2, 0.25) is 5.15 Å². The Morgan fingerprint density at radius 2 is 2.25 bits per heavy atom. The first kappa shape index (κ1) is 15.1. The van der Waals surface area contributed by atoms with Crippen molar-refractivity contribution in [2.24, 2.45) is 13.0 Å². The molecule has 1 N–H and O–H groups in total. The largest absolute Gasteiger partial charge is 0.350 e. The molecule has 1 aliphatic carbocycles. The van der Waals surface area contributed by atoms with Gasteiger partial charge in [0.25, 0.3) is 0 Å². The minimum absolute atomic E-state index is 0.0524. The number of amides is 1. The zero-order valence-corrected chi connectivity index (χ0v) is 13.1. The van der Waals surface area contributed by atoms with Crippen molar-refractivity contribution >= 4 is 23.6 Å². The van der Waals surface area contributed by atoms with Gasteiger partial charge in [0.15, 0.2) is 0 Å². The van der Waals surface area contributed by atoms with Gasteiger partial charge >= 0.3 is 0 Å². The molecule has 2 rings (SSSR count). The maximum atomic E-state index is 12.0. The second kappa shape index (κ2) is 6.44. The fraction of sp³-hybridized carbons (Fsp3) is 0.600. The SMILES string of the molecule is Cc1nn(C)c(Cl)c1/C=C/C(=O)NC1CCCC(C)C1. The molecule has 0 saturated heterocycles. The van der Waals surface area contributed by atoms with Gasteiger partial charge in [0.2, 0.25) is 5.91 Å². The van der Waals surface area contributed by atoms with Crippen LogP contribution in [0, 0.1) is 12.8 Å². The number of hydrogen-bond donors (Lipinski definition) is 1. The highest BCUT2D eigenvalue weighted by Gasteiger charge is 2.19. The summed E-state index contributed by atoms with van der Waals surface area (Å²) >= 11 is 6.13. The number of carbonyl (C=O) groups excluding carboxylic acids is 1. The summed E-state index contributed by atoms with van der Waals surface area (Å²) in [6, 6.07) is 0.307. The van der Waals surface area contributed by atoms with Crippen molar-refractivity contribution in [3.8, 4) is 0 Å². The van der Waals surface area contributed by atoms with Gasteiger partial charge in [-0.25, -0.2) is 0 Å². The van der Waals surface area contributed by atoms with E-state index >= 15 is 0 Å². The normalized spacial score (nSPS) is 23.2. The molecule has 20 heavy (non-hydrogen) atoms. The van der Waals surface area contributed by atoms with E-state index in [1.807, 2.05) is 6.92 Å². The summed E-state index contributed by atoms with van der Waals surface area (Å²) in [5.41, 5.74) is 1.63. The summed E-state index contributed by atoms with van der Waals surface area (Å²) in [7, 11) is 1.79.